The van der Waals surface area contributed by atoms with E-state index in [1.54, 1.807) is 0 Å². The molecule has 0 saturated carbocycles. The Morgan fingerprint density at radius 2 is 0.693 bits per heavy atom. The molecule has 2 N–H and O–H groups in total. The molecule has 24 rings (SSSR count). The number of hydrogen-bond donors (Lipinski definition) is 2. The van der Waals surface area contributed by atoms with Gasteiger partial charge in [0.05, 0.1) is 56.2 Å². The van der Waals surface area contributed by atoms with Gasteiger partial charge in [0.15, 0.2) is 0 Å². The molecule has 114 heavy (non-hydrogen) atoms. The number of nitriles is 2. The standard InChI is InChI=1S/C51H29N3S.C44H25BrN2S.C7H6BNO2/c52-30-31-21-23-32(24-22-31)35-15-10-20-45-48(35)49-46(55-45)28-27-41-47(49)38-14-5-7-17-40(38)51(41)39-16-6-4-13-36(39)37-26-25-33(29-42(37)51)50-53-43-18-8-9-19-44(43)54(50)34-11-2-1-3-12-34;45-35-17-10-20-38-41(35)42-39(48-38)24-23-33-40(42)30-14-5-7-16-32(30)44(33)31-15-6-4-13-28(31)29-22-21-26(25-34(29)44)43-46-36-18-8-9-19-37(36)47(43)27-11-2-1-3-12-27;9-5-6-1-3-7(4-2-6)8(10)11/h1-29H;1-25H;1-4,10-11H. The molecule has 4 heterocycles. The Morgan fingerprint density at radius 1 is 0.316 bits per heavy atom. The monoisotopic (exact) mass is 1550 g/mol. The van der Waals surface area contributed by atoms with Gasteiger partial charge < -0.3 is 10.0 Å². The van der Waals surface area contributed by atoms with Crippen molar-refractivity contribution in [1.82, 2.24) is 19.1 Å². The third kappa shape index (κ3) is 9.80. The Hall–Kier alpha value is -13.7. The van der Waals surface area contributed by atoms with E-state index < -0.39 is 17.9 Å². The second-order valence-electron chi connectivity index (χ2n) is 29.4. The fraction of sp³-hybridized carbons (Fsp3) is 0.0196. The molecule has 0 fully saturated rings. The molecule has 12 heteroatoms. The fourth-order valence-corrected chi connectivity index (χ4v) is 22.1. The lowest BCUT2D eigenvalue weighted by atomic mass is 9.70. The van der Waals surface area contributed by atoms with Crippen molar-refractivity contribution in [1.29, 1.82) is 10.5 Å². The smallest absolute Gasteiger partial charge is 0.423 e. The number of thiophene rings is 2. The Bertz CT molecular complexity index is 7520. The molecule has 2 spiro atoms. The summed E-state index contributed by atoms with van der Waals surface area (Å²) < 4.78 is 10.9. The molecule has 532 valence electrons. The normalized spacial score (nSPS) is 14.7. The number of nitrogens with zero attached hydrogens (tertiary/aromatic N) is 6. The second kappa shape index (κ2) is 26.2. The van der Waals surface area contributed by atoms with Crippen LogP contribution in [0.3, 0.4) is 0 Å². The predicted octanol–water partition coefficient (Wildman–Crippen LogP) is 24.3. The van der Waals surface area contributed by atoms with Crippen molar-refractivity contribution in [3.8, 4) is 102 Å². The Labute approximate surface area is 672 Å². The van der Waals surface area contributed by atoms with E-state index in [9.17, 15) is 5.26 Å². The summed E-state index contributed by atoms with van der Waals surface area (Å²) in [5.74, 6) is 1.88. The van der Waals surface area contributed by atoms with Crippen LogP contribution in [0.25, 0.3) is 152 Å². The van der Waals surface area contributed by atoms with E-state index in [1.807, 2.05) is 40.9 Å². The number of halogens is 1. The van der Waals surface area contributed by atoms with Gasteiger partial charge in [0.1, 0.15) is 11.6 Å². The molecule has 2 atom stereocenters. The fourth-order valence-electron chi connectivity index (χ4n) is 19.1. The van der Waals surface area contributed by atoms with Crippen LogP contribution in [0, 0.1) is 22.7 Å². The lowest BCUT2D eigenvalue weighted by Gasteiger charge is -2.30. The first kappa shape index (κ1) is 67.3. The van der Waals surface area contributed by atoms with Crippen LogP contribution < -0.4 is 5.46 Å². The molecule has 16 aromatic carbocycles. The lowest BCUT2D eigenvalue weighted by molar-refractivity contribution is 0.426. The maximum Gasteiger partial charge on any atom is 0.488 e. The van der Waals surface area contributed by atoms with Crippen molar-refractivity contribution >= 4 is 114 Å². The van der Waals surface area contributed by atoms with Crippen LogP contribution >= 0.6 is 38.6 Å². The van der Waals surface area contributed by atoms with Crippen LogP contribution in [0.5, 0.6) is 0 Å². The molecule has 4 aliphatic rings. The molecule has 20 aromatic rings. The SMILES string of the molecule is Brc1cccc2sc3ccc4c(c3c12)-c1ccccc1C41c2ccccc2-c2ccc(-c3nc4ccccc4n3-c3ccccc3)cc21.N#Cc1ccc(-c2cccc3sc4ccc5c(c4c23)-c2ccccc2C52c3ccccc3-c3ccc(-c4nc5ccccc5n4-c4ccccc4)cc32)cc1.N#Cc1ccc(B(O)O)cc1. The van der Waals surface area contributed by atoms with Crippen molar-refractivity contribution in [3.63, 3.8) is 0 Å². The Morgan fingerprint density at radius 3 is 1.18 bits per heavy atom. The zero-order valence-electron chi connectivity index (χ0n) is 60.8. The number of aromatic nitrogens is 4. The summed E-state index contributed by atoms with van der Waals surface area (Å²) in [6, 6.07) is 129. The molecule has 2 unspecified atom stereocenters. The van der Waals surface area contributed by atoms with Crippen molar-refractivity contribution in [2.24, 2.45) is 0 Å². The Balaban J connectivity index is 0.000000124. The van der Waals surface area contributed by atoms with Crippen LogP contribution in [0.2, 0.25) is 0 Å². The minimum absolute atomic E-state index is 0.393. The van der Waals surface area contributed by atoms with E-state index in [2.05, 4.69) is 347 Å². The minimum atomic E-state index is -1.46. The summed E-state index contributed by atoms with van der Waals surface area (Å²) >= 11 is 7.68. The summed E-state index contributed by atoms with van der Waals surface area (Å²) in [5.41, 5.74) is 32.4. The average molecular weight is 1560 g/mol. The van der Waals surface area contributed by atoms with Gasteiger partial charge in [-0.25, -0.2) is 9.97 Å². The molecule has 0 radical (unpaired) electrons. The molecular formula is C102H60BBrN6O2S2. The third-order valence-corrected chi connectivity index (χ3v) is 26.6. The summed E-state index contributed by atoms with van der Waals surface area (Å²) in [7, 11) is -1.46. The minimum Gasteiger partial charge on any atom is -0.423 e. The zero-order chi connectivity index (χ0) is 76.1. The predicted molar refractivity (Wildman–Crippen MR) is 470 cm³/mol. The van der Waals surface area contributed by atoms with E-state index in [4.69, 9.17) is 25.3 Å². The van der Waals surface area contributed by atoms with Gasteiger partial charge in [0.2, 0.25) is 0 Å². The molecule has 0 aliphatic heterocycles. The first-order chi connectivity index (χ1) is 56.2. The highest BCUT2D eigenvalue weighted by Gasteiger charge is 2.54. The van der Waals surface area contributed by atoms with E-state index in [0.29, 0.717) is 16.6 Å². The van der Waals surface area contributed by atoms with Gasteiger partial charge in [0.25, 0.3) is 0 Å². The van der Waals surface area contributed by atoms with Crippen molar-refractivity contribution in [3.05, 3.63) is 412 Å². The maximum absolute atomic E-state index is 9.55. The molecule has 0 saturated heterocycles. The molecular weight excluding hydrogens is 1500 g/mol. The second-order valence-corrected chi connectivity index (χ2v) is 32.4. The molecule has 0 bridgehead atoms. The number of para-hydroxylation sites is 6. The summed E-state index contributed by atoms with van der Waals surface area (Å²) in [6.45, 7) is 0. The Kier molecular flexibility index (Phi) is 15.5. The highest BCUT2D eigenvalue weighted by molar-refractivity contribution is 9.10. The van der Waals surface area contributed by atoms with Gasteiger partial charge in [-0.3, -0.25) is 9.13 Å². The number of fused-ring (bicyclic) bond motifs is 30. The van der Waals surface area contributed by atoms with Gasteiger partial charge in [-0.05, 0) is 221 Å². The van der Waals surface area contributed by atoms with Crippen LogP contribution in [0.4, 0.5) is 0 Å². The maximum atomic E-state index is 9.55. The summed E-state index contributed by atoms with van der Waals surface area (Å²) in [4.78, 5) is 10.6. The number of rotatable bonds is 6. The average Bonchev–Trinajstić information content (AvgIpc) is 1.50. The van der Waals surface area contributed by atoms with Crippen molar-refractivity contribution < 1.29 is 10.0 Å². The number of imidazole rings is 2. The van der Waals surface area contributed by atoms with Gasteiger partial charge in [-0.2, -0.15) is 10.5 Å². The molecule has 4 aliphatic carbocycles. The number of hydrogen-bond acceptors (Lipinski definition) is 8. The number of benzene rings is 16. The van der Waals surface area contributed by atoms with Gasteiger partial charge in [0, 0.05) is 67.3 Å². The highest BCUT2D eigenvalue weighted by atomic mass is 79.9. The van der Waals surface area contributed by atoms with Gasteiger partial charge in [-0.1, -0.05) is 253 Å². The summed E-state index contributed by atoms with van der Waals surface area (Å²) in [6.07, 6.45) is 0. The highest BCUT2D eigenvalue weighted by Crippen LogP contribution is 2.67. The quantitative estimate of drug-likeness (QED) is 0.160. The zero-order valence-corrected chi connectivity index (χ0v) is 64.1. The van der Waals surface area contributed by atoms with Gasteiger partial charge in [-0.15, -0.1) is 22.7 Å². The summed E-state index contributed by atoms with van der Waals surface area (Å²) in [5, 5.41) is 40.5. The topological polar surface area (TPSA) is 124 Å². The van der Waals surface area contributed by atoms with Crippen molar-refractivity contribution in [2.45, 2.75) is 10.8 Å². The van der Waals surface area contributed by atoms with Crippen LogP contribution in [-0.2, 0) is 10.8 Å². The first-order valence-corrected chi connectivity index (χ1v) is 40.4. The molecule has 4 aromatic heterocycles. The van der Waals surface area contributed by atoms with Crippen LogP contribution in [-0.4, -0.2) is 36.3 Å². The van der Waals surface area contributed by atoms with Crippen LogP contribution in [0.15, 0.2) is 356 Å². The van der Waals surface area contributed by atoms with E-state index >= 15 is 0 Å². The van der Waals surface area contributed by atoms with E-state index in [1.165, 1.54) is 159 Å². The lowest BCUT2D eigenvalue weighted by Crippen LogP contribution is -2.29. The van der Waals surface area contributed by atoms with Gasteiger partial charge >= 0.3 is 7.12 Å². The third-order valence-electron chi connectivity index (χ3n) is 23.7. The molecule has 0 amide bonds. The van der Waals surface area contributed by atoms with E-state index in [0.717, 1.165) is 66.3 Å². The van der Waals surface area contributed by atoms with E-state index in [-0.39, 0.29) is 0 Å². The van der Waals surface area contributed by atoms with Crippen molar-refractivity contribution in [2.75, 3.05) is 0 Å². The van der Waals surface area contributed by atoms with Crippen LogP contribution in [0.1, 0.15) is 55.6 Å². The first-order valence-electron chi connectivity index (χ1n) is 38.0. The molecule has 8 nitrogen and oxygen atoms in total. The largest absolute Gasteiger partial charge is 0.488 e.